The molecule has 1 aliphatic carbocycles. The maximum absolute atomic E-state index is 13.5. The van der Waals surface area contributed by atoms with Gasteiger partial charge in [-0.05, 0) is 55.9 Å². The van der Waals surface area contributed by atoms with Crippen LogP contribution < -0.4 is 5.32 Å². The number of benzene rings is 2. The molecule has 9 heteroatoms. The van der Waals surface area contributed by atoms with Gasteiger partial charge in [-0.25, -0.2) is 13.8 Å². The highest BCUT2D eigenvalue weighted by atomic mass is 32.1. The number of hydrogen-bond donors (Lipinski definition) is 2. The van der Waals surface area contributed by atoms with E-state index in [4.69, 9.17) is 5.10 Å². The first-order valence-electron chi connectivity index (χ1n) is 10.8. The lowest BCUT2D eigenvalue weighted by Gasteiger charge is -2.28. The van der Waals surface area contributed by atoms with Gasteiger partial charge >= 0.3 is 0 Å². The zero-order valence-corrected chi connectivity index (χ0v) is 18.5. The van der Waals surface area contributed by atoms with Gasteiger partial charge in [0.25, 0.3) is 5.91 Å². The largest absolute Gasteiger partial charge is 0.503 e. The minimum absolute atomic E-state index is 0.142. The van der Waals surface area contributed by atoms with Crippen molar-refractivity contribution in [2.45, 2.75) is 31.7 Å². The lowest BCUT2D eigenvalue weighted by molar-refractivity contribution is 0.0940. The van der Waals surface area contributed by atoms with Crippen LogP contribution in [0.4, 0.5) is 8.78 Å². The number of rotatable bonds is 5. The molecule has 1 fully saturated rings. The van der Waals surface area contributed by atoms with Gasteiger partial charge in [0.05, 0.1) is 22.8 Å². The highest BCUT2D eigenvalue weighted by Gasteiger charge is 2.24. The Kier molecular flexibility index (Phi) is 5.80. The Bertz CT molecular complexity index is 1270. The van der Waals surface area contributed by atoms with Gasteiger partial charge in [0.2, 0.25) is 0 Å². The number of phenols is 1. The van der Waals surface area contributed by atoms with Crippen LogP contribution in [0.25, 0.3) is 22.2 Å². The maximum atomic E-state index is 13.5. The summed E-state index contributed by atoms with van der Waals surface area (Å²) in [7, 11) is 0. The molecular formula is C24H22F2N4O2S. The molecule has 2 N–H and O–H groups in total. The summed E-state index contributed by atoms with van der Waals surface area (Å²) < 4.78 is 29.0. The van der Waals surface area contributed by atoms with Gasteiger partial charge < -0.3 is 10.4 Å². The van der Waals surface area contributed by atoms with Crippen molar-refractivity contribution in [3.05, 3.63) is 64.6 Å². The third-order valence-corrected chi connectivity index (χ3v) is 6.86. The van der Waals surface area contributed by atoms with Crippen LogP contribution in [0, 0.1) is 17.6 Å². The average molecular weight is 469 g/mol. The van der Waals surface area contributed by atoms with Crippen molar-refractivity contribution in [1.82, 2.24) is 20.1 Å². The number of carbonyl (C=O) groups excluding carboxylic acids is 1. The van der Waals surface area contributed by atoms with Crippen molar-refractivity contribution in [2.75, 3.05) is 6.54 Å². The number of phenolic OH excluding ortho intramolecular Hbond substituents is 1. The van der Waals surface area contributed by atoms with E-state index in [9.17, 15) is 18.7 Å². The second-order valence-corrected chi connectivity index (χ2v) is 9.15. The van der Waals surface area contributed by atoms with Gasteiger partial charge in [-0.2, -0.15) is 5.10 Å². The zero-order valence-electron chi connectivity index (χ0n) is 17.7. The van der Waals surface area contributed by atoms with Gasteiger partial charge in [0.15, 0.2) is 17.4 Å². The first kappa shape index (κ1) is 21.5. The second-order valence-electron chi connectivity index (χ2n) is 8.43. The number of nitrogens with one attached hydrogen (secondary N) is 1. The fourth-order valence-corrected chi connectivity index (χ4v) is 4.96. The number of aromatic nitrogens is 3. The Morgan fingerprint density at radius 3 is 2.61 bits per heavy atom. The quantitative estimate of drug-likeness (QED) is 0.416. The normalized spacial score (nSPS) is 18.5. The number of fused-ring (bicyclic) bond motifs is 1. The lowest BCUT2D eigenvalue weighted by atomic mass is 9.86. The Labute approximate surface area is 192 Å². The number of amides is 1. The predicted octanol–water partition coefficient (Wildman–Crippen LogP) is 5.30. The number of nitrogens with zero attached hydrogens (tertiary/aromatic N) is 3. The van der Waals surface area contributed by atoms with E-state index < -0.39 is 23.3 Å². The van der Waals surface area contributed by atoms with Crippen LogP contribution in [0.3, 0.4) is 0 Å². The molecule has 1 amide bonds. The topological polar surface area (TPSA) is 80.0 Å². The summed E-state index contributed by atoms with van der Waals surface area (Å²) >= 11 is 1.57. The smallest absolute Gasteiger partial charge is 0.251 e. The first-order valence-corrected chi connectivity index (χ1v) is 11.8. The zero-order chi connectivity index (χ0) is 22.9. The third-order valence-electron chi connectivity index (χ3n) is 6.27. The molecule has 1 saturated carbocycles. The van der Waals surface area contributed by atoms with Gasteiger partial charge in [-0.1, -0.05) is 6.07 Å². The van der Waals surface area contributed by atoms with Crippen molar-refractivity contribution in [1.29, 1.82) is 0 Å². The number of carbonyl (C=O) groups is 1. The van der Waals surface area contributed by atoms with Gasteiger partial charge in [-0.3, -0.25) is 9.48 Å². The fourth-order valence-electron chi connectivity index (χ4n) is 4.40. The number of hydrogen-bond acceptors (Lipinski definition) is 5. The Morgan fingerprint density at radius 1 is 1.15 bits per heavy atom. The van der Waals surface area contributed by atoms with E-state index in [-0.39, 0.29) is 5.56 Å². The number of aromatic hydroxyl groups is 1. The monoisotopic (exact) mass is 468 g/mol. The highest BCUT2D eigenvalue weighted by Crippen LogP contribution is 2.33. The van der Waals surface area contributed by atoms with E-state index in [2.05, 4.69) is 22.6 Å². The van der Waals surface area contributed by atoms with Crippen molar-refractivity contribution in [3.8, 4) is 17.0 Å². The van der Waals surface area contributed by atoms with Crippen LogP contribution in [0.5, 0.6) is 5.75 Å². The summed E-state index contributed by atoms with van der Waals surface area (Å²) in [5.74, 6) is -3.63. The maximum Gasteiger partial charge on any atom is 0.251 e. The molecule has 2 heterocycles. The molecule has 1 aliphatic rings. The lowest BCUT2D eigenvalue weighted by Crippen LogP contribution is -2.31. The van der Waals surface area contributed by atoms with E-state index in [1.54, 1.807) is 11.3 Å². The standard InChI is InChI=1S/C24H22F2N4O2S/c25-19-8-16(9-20(26)23(19)31)24(32)27-10-14-1-4-18(5-2-14)30-11-17-7-15(3-6-21(17)29-30)22-12-33-13-28-22/h3,6-9,11-14,18,31H,1-2,4-5,10H2,(H,27,32). The van der Waals surface area contributed by atoms with Crippen LogP contribution in [0.15, 0.2) is 47.4 Å². The van der Waals surface area contributed by atoms with E-state index in [1.165, 1.54) is 0 Å². The predicted molar refractivity (Wildman–Crippen MR) is 122 cm³/mol. The molecule has 0 unspecified atom stereocenters. The molecule has 170 valence electrons. The molecule has 0 radical (unpaired) electrons. The van der Waals surface area contributed by atoms with Crippen LogP contribution in [-0.4, -0.2) is 32.3 Å². The molecule has 4 aromatic rings. The molecule has 0 saturated heterocycles. The van der Waals surface area contributed by atoms with Crippen LogP contribution in [0.2, 0.25) is 0 Å². The third kappa shape index (κ3) is 4.45. The van der Waals surface area contributed by atoms with Gasteiger partial charge in [0, 0.05) is 34.6 Å². The van der Waals surface area contributed by atoms with Gasteiger partial charge in [-0.15, -0.1) is 11.3 Å². The molecular weight excluding hydrogens is 446 g/mol. The number of thiazole rings is 1. The molecule has 0 spiro atoms. The molecule has 0 aliphatic heterocycles. The molecule has 2 aromatic heterocycles. The summed E-state index contributed by atoms with van der Waals surface area (Å²) in [5.41, 5.74) is 4.69. The Hall–Kier alpha value is -3.33. The molecule has 0 bridgehead atoms. The molecule has 6 nitrogen and oxygen atoms in total. The van der Waals surface area contributed by atoms with Crippen LogP contribution >= 0.6 is 11.3 Å². The second kappa shape index (κ2) is 8.90. The fraction of sp³-hybridized carbons (Fsp3) is 0.292. The summed E-state index contributed by atoms with van der Waals surface area (Å²) in [6.45, 7) is 0.438. The summed E-state index contributed by atoms with van der Waals surface area (Å²) in [5, 5.41) is 19.8. The SMILES string of the molecule is O=C(NCC1CCC(n2cc3cc(-c4cscn4)ccc3n2)CC1)c1cc(F)c(O)c(F)c1. The van der Waals surface area contributed by atoms with Crippen LogP contribution in [0.1, 0.15) is 42.1 Å². The van der Waals surface area contributed by atoms with E-state index in [0.717, 1.165) is 60.0 Å². The number of halogens is 2. The van der Waals surface area contributed by atoms with E-state index in [1.807, 2.05) is 27.7 Å². The van der Waals surface area contributed by atoms with Crippen molar-refractivity contribution >= 4 is 28.1 Å². The van der Waals surface area contributed by atoms with Crippen molar-refractivity contribution in [2.24, 2.45) is 5.92 Å². The minimum Gasteiger partial charge on any atom is -0.503 e. The van der Waals surface area contributed by atoms with Crippen molar-refractivity contribution < 1.29 is 18.7 Å². The Morgan fingerprint density at radius 2 is 1.91 bits per heavy atom. The van der Waals surface area contributed by atoms with Gasteiger partial charge in [0.1, 0.15) is 0 Å². The average Bonchev–Trinajstić information content (AvgIpc) is 3.50. The minimum atomic E-state index is -1.15. The molecule has 33 heavy (non-hydrogen) atoms. The van der Waals surface area contributed by atoms with Crippen molar-refractivity contribution in [3.63, 3.8) is 0 Å². The Balaban J connectivity index is 1.18. The first-order chi connectivity index (χ1) is 16.0. The molecule has 2 aromatic carbocycles. The van der Waals surface area contributed by atoms with E-state index >= 15 is 0 Å². The van der Waals surface area contributed by atoms with E-state index in [0.29, 0.717) is 18.5 Å². The highest BCUT2D eigenvalue weighted by molar-refractivity contribution is 7.07. The molecule has 5 rings (SSSR count). The summed E-state index contributed by atoms with van der Waals surface area (Å²) in [6, 6.07) is 8.16. The summed E-state index contributed by atoms with van der Waals surface area (Å²) in [6.07, 6.45) is 5.81. The summed E-state index contributed by atoms with van der Waals surface area (Å²) in [4.78, 5) is 16.6. The van der Waals surface area contributed by atoms with Crippen LogP contribution in [-0.2, 0) is 0 Å². The molecule has 0 atom stereocenters.